The van der Waals surface area contributed by atoms with Gasteiger partial charge in [-0.3, -0.25) is 9.59 Å². The first-order valence-corrected chi connectivity index (χ1v) is 11.1. The van der Waals surface area contributed by atoms with Gasteiger partial charge in [-0.25, -0.2) is 4.79 Å². The van der Waals surface area contributed by atoms with Crippen LogP contribution >= 0.6 is 15.9 Å². The highest BCUT2D eigenvalue weighted by Crippen LogP contribution is 2.34. The predicted octanol–water partition coefficient (Wildman–Crippen LogP) is 2.09. The van der Waals surface area contributed by atoms with Crippen LogP contribution in [0.1, 0.15) is 22.7 Å². The summed E-state index contributed by atoms with van der Waals surface area (Å²) in [7, 11) is 0. The summed E-state index contributed by atoms with van der Waals surface area (Å²) >= 11 is 3.43. The van der Waals surface area contributed by atoms with Crippen molar-refractivity contribution in [2.75, 3.05) is 13.2 Å². The van der Waals surface area contributed by atoms with Gasteiger partial charge in [0.25, 0.3) is 0 Å². The molecule has 0 spiro atoms. The Labute approximate surface area is 188 Å². The van der Waals surface area contributed by atoms with Gasteiger partial charge in [-0.1, -0.05) is 70.5 Å². The number of benzene rings is 2. The predicted molar refractivity (Wildman–Crippen MR) is 117 cm³/mol. The molecule has 162 valence electrons. The molecule has 2 N–H and O–H groups in total. The van der Waals surface area contributed by atoms with Gasteiger partial charge in [0.2, 0.25) is 11.8 Å². The van der Waals surface area contributed by atoms with Crippen LogP contribution in [0.15, 0.2) is 54.6 Å². The van der Waals surface area contributed by atoms with Gasteiger partial charge >= 0.3 is 5.97 Å². The van der Waals surface area contributed by atoms with Crippen LogP contribution in [0.5, 0.6) is 0 Å². The third-order valence-corrected chi connectivity index (χ3v) is 6.50. The number of halogens is 1. The number of fused-ring (bicyclic) bond motifs is 3. The quantitative estimate of drug-likeness (QED) is 0.630. The van der Waals surface area contributed by atoms with Crippen molar-refractivity contribution < 1.29 is 24.2 Å². The van der Waals surface area contributed by atoms with Crippen molar-refractivity contribution in [3.8, 4) is 0 Å². The summed E-state index contributed by atoms with van der Waals surface area (Å²) < 4.78 is 5.53. The fourth-order valence-corrected chi connectivity index (χ4v) is 4.73. The lowest BCUT2D eigenvalue weighted by Crippen LogP contribution is -2.59. The number of morpholine rings is 1. The number of carboxylic acids is 1. The number of amides is 2. The first-order valence-electron chi connectivity index (χ1n) is 10.1. The van der Waals surface area contributed by atoms with Crippen LogP contribution in [0.3, 0.4) is 0 Å². The molecule has 2 aromatic carbocycles. The molecule has 2 heterocycles. The highest BCUT2D eigenvalue weighted by molar-refractivity contribution is 9.10. The first-order chi connectivity index (χ1) is 15.0. The SMILES string of the molecule is O=C(N[C@@H]1Cc2ccccc2[C@@H]2COC[C@H](C(=O)O)N2C1=O)[C@H](Br)Cc1ccccc1. The highest BCUT2D eigenvalue weighted by Gasteiger charge is 2.45. The van der Waals surface area contributed by atoms with Crippen LogP contribution < -0.4 is 5.32 Å². The third-order valence-electron chi connectivity index (χ3n) is 5.76. The van der Waals surface area contributed by atoms with Crippen molar-refractivity contribution in [3.05, 3.63) is 71.3 Å². The number of carboxylic acid groups (broad SMARTS) is 1. The van der Waals surface area contributed by atoms with Crippen molar-refractivity contribution in [1.29, 1.82) is 0 Å². The van der Waals surface area contributed by atoms with E-state index in [1.54, 1.807) is 0 Å². The van der Waals surface area contributed by atoms with E-state index in [9.17, 15) is 19.5 Å². The third kappa shape index (κ3) is 4.50. The smallest absolute Gasteiger partial charge is 0.328 e. The molecule has 2 amide bonds. The Bertz CT molecular complexity index is 983. The second-order valence-electron chi connectivity index (χ2n) is 7.77. The maximum absolute atomic E-state index is 13.5. The molecule has 7 nitrogen and oxygen atoms in total. The van der Waals surface area contributed by atoms with E-state index in [4.69, 9.17) is 4.74 Å². The minimum atomic E-state index is -1.12. The number of hydrogen-bond donors (Lipinski definition) is 2. The van der Waals surface area contributed by atoms with Gasteiger partial charge in [-0.15, -0.1) is 0 Å². The average molecular weight is 487 g/mol. The molecule has 31 heavy (non-hydrogen) atoms. The Hall–Kier alpha value is -2.71. The summed E-state index contributed by atoms with van der Waals surface area (Å²) in [6.45, 7) is 0.151. The zero-order chi connectivity index (χ0) is 22.0. The van der Waals surface area contributed by atoms with E-state index in [0.29, 0.717) is 12.8 Å². The first kappa shape index (κ1) is 21.5. The number of ether oxygens (including phenoxy) is 1. The van der Waals surface area contributed by atoms with E-state index in [-0.39, 0.29) is 19.1 Å². The maximum Gasteiger partial charge on any atom is 0.328 e. The van der Waals surface area contributed by atoms with Crippen molar-refractivity contribution in [1.82, 2.24) is 10.2 Å². The summed E-state index contributed by atoms with van der Waals surface area (Å²) in [5.41, 5.74) is 2.76. The summed E-state index contributed by atoms with van der Waals surface area (Å²) in [6.07, 6.45) is 0.771. The molecule has 2 aromatic rings. The van der Waals surface area contributed by atoms with Crippen LogP contribution in [0.25, 0.3) is 0 Å². The summed E-state index contributed by atoms with van der Waals surface area (Å²) in [4.78, 5) is 39.1. The van der Waals surface area contributed by atoms with Gasteiger partial charge in [-0.05, 0) is 23.1 Å². The zero-order valence-electron chi connectivity index (χ0n) is 16.7. The number of rotatable bonds is 5. The molecule has 0 unspecified atom stereocenters. The Morgan fingerprint density at radius 1 is 1.13 bits per heavy atom. The monoisotopic (exact) mass is 486 g/mol. The van der Waals surface area contributed by atoms with Crippen molar-refractivity contribution in [2.24, 2.45) is 0 Å². The molecule has 0 radical (unpaired) electrons. The highest BCUT2D eigenvalue weighted by atomic mass is 79.9. The number of alkyl halides is 1. The number of nitrogens with one attached hydrogen (secondary N) is 1. The number of carbonyl (C=O) groups excluding carboxylic acids is 2. The van der Waals surface area contributed by atoms with Gasteiger partial charge in [-0.2, -0.15) is 0 Å². The maximum atomic E-state index is 13.5. The van der Waals surface area contributed by atoms with Crippen LogP contribution in [0, 0.1) is 0 Å². The van der Waals surface area contributed by atoms with Crippen molar-refractivity contribution in [3.63, 3.8) is 0 Å². The van der Waals surface area contributed by atoms with Gasteiger partial charge in [0, 0.05) is 6.42 Å². The second-order valence-corrected chi connectivity index (χ2v) is 8.88. The Kier molecular flexibility index (Phi) is 6.38. The molecule has 1 saturated heterocycles. The molecule has 0 saturated carbocycles. The molecule has 4 rings (SSSR count). The number of aliphatic carboxylic acids is 1. The van der Waals surface area contributed by atoms with E-state index in [1.807, 2.05) is 54.6 Å². The van der Waals surface area contributed by atoms with E-state index in [1.165, 1.54) is 4.90 Å². The van der Waals surface area contributed by atoms with Crippen LogP contribution in [0.2, 0.25) is 0 Å². The van der Waals surface area contributed by atoms with Gasteiger partial charge in [0.15, 0.2) is 6.04 Å². The number of hydrogen-bond acceptors (Lipinski definition) is 4. The lowest BCUT2D eigenvalue weighted by atomic mass is 9.97. The molecular weight excluding hydrogens is 464 g/mol. The van der Waals surface area contributed by atoms with E-state index < -0.39 is 34.8 Å². The van der Waals surface area contributed by atoms with Crippen LogP contribution in [-0.2, 0) is 32.0 Å². The van der Waals surface area contributed by atoms with Gasteiger partial charge in [0.05, 0.1) is 24.1 Å². The summed E-state index contributed by atoms with van der Waals surface area (Å²) in [6, 6.07) is 14.7. The summed E-state index contributed by atoms with van der Waals surface area (Å²) in [5.74, 6) is -1.83. The van der Waals surface area contributed by atoms with E-state index in [0.717, 1.165) is 16.7 Å². The average Bonchev–Trinajstić information content (AvgIpc) is 2.89. The molecular formula is C23H23BrN2O5. The molecule has 4 atom stereocenters. The van der Waals surface area contributed by atoms with Crippen LogP contribution in [-0.4, -0.2) is 57.9 Å². The molecule has 2 aliphatic rings. The summed E-state index contributed by atoms with van der Waals surface area (Å²) in [5, 5.41) is 12.5. The second kappa shape index (κ2) is 9.20. The molecule has 0 aromatic heterocycles. The van der Waals surface area contributed by atoms with Crippen molar-refractivity contribution >= 4 is 33.7 Å². The topological polar surface area (TPSA) is 95.9 Å². The molecule has 1 fully saturated rings. The van der Waals surface area contributed by atoms with E-state index >= 15 is 0 Å². The van der Waals surface area contributed by atoms with E-state index in [2.05, 4.69) is 21.2 Å². The molecule has 8 heteroatoms. The molecule has 0 bridgehead atoms. The fourth-order valence-electron chi connectivity index (χ4n) is 4.23. The largest absolute Gasteiger partial charge is 0.480 e. The van der Waals surface area contributed by atoms with Gasteiger partial charge < -0.3 is 20.1 Å². The number of nitrogens with zero attached hydrogens (tertiary/aromatic N) is 1. The minimum absolute atomic E-state index is 0.0739. The van der Waals surface area contributed by atoms with Gasteiger partial charge in [0.1, 0.15) is 6.04 Å². The normalized spacial score (nSPS) is 23.8. The molecule has 2 aliphatic heterocycles. The molecule has 0 aliphatic carbocycles. The standard InChI is InChI=1S/C23H23BrN2O5/c24-17(10-14-6-2-1-3-7-14)21(27)25-18-11-15-8-4-5-9-16(15)19-12-31-13-20(23(29)30)26(19)22(18)28/h1-9,17-20H,10-13H2,(H,25,27)(H,29,30)/t17-,18-,19+,20-/m1/s1. The Balaban J connectivity index is 1.59. The minimum Gasteiger partial charge on any atom is -0.480 e. The Morgan fingerprint density at radius 3 is 2.58 bits per heavy atom. The zero-order valence-corrected chi connectivity index (χ0v) is 18.3. The van der Waals surface area contributed by atoms with Crippen LogP contribution in [0.4, 0.5) is 0 Å². The van der Waals surface area contributed by atoms with Crippen molar-refractivity contribution in [2.45, 2.75) is 35.8 Å². The Morgan fingerprint density at radius 2 is 1.84 bits per heavy atom. The lowest BCUT2D eigenvalue weighted by molar-refractivity contribution is -0.165. The fraction of sp³-hybridized carbons (Fsp3) is 0.348. The number of carbonyl (C=O) groups is 3. The lowest BCUT2D eigenvalue weighted by Gasteiger charge is -2.40.